The summed E-state index contributed by atoms with van der Waals surface area (Å²) >= 11 is 0. The van der Waals surface area contributed by atoms with Gasteiger partial charge in [-0.15, -0.1) is 0 Å². The van der Waals surface area contributed by atoms with Gasteiger partial charge in [0.25, 0.3) is 0 Å². The first-order valence-electron chi connectivity index (χ1n) is 28.1. The second kappa shape index (κ2) is 17.0. The smallest absolute Gasteiger partial charge is 0.0726 e. The minimum absolute atomic E-state index is 0.526. The van der Waals surface area contributed by atoms with Crippen molar-refractivity contribution in [3.05, 3.63) is 376 Å². The normalized spacial score (nSPS) is 14.6. The van der Waals surface area contributed by atoms with Crippen LogP contribution in [0.1, 0.15) is 66.8 Å². The molecule has 13 aromatic carbocycles. The van der Waals surface area contributed by atoms with Crippen LogP contribution in [0.5, 0.6) is 0 Å². The van der Waals surface area contributed by atoms with Crippen LogP contribution >= 0.6 is 0 Å². The maximum Gasteiger partial charge on any atom is 0.0726 e. The van der Waals surface area contributed by atoms with Crippen molar-refractivity contribution in [2.24, 2.45) is 0 Å². The van der Waals surface area contributed by atoms with E-state index in [-0.39, 0.29) is 0 Å². The largest absolute Gasteiger partial charge is 0.310 e. The number of hydrogen-bond acceptors (Lipinski definition) is 1. The zero-order valence-corrected chi connectivity index (χ0v) is 43.9. The van der Waals surface area contributed by atoms with Crippen LogP contribution in [0.3, 0.4) is 0 Å². The third-order valence-corrected chi connectivity index (χ3v) is 18.6. The molecule has 0 aliphatic heterocycles. The Balaban J connectivity index is 0.931. The van der Waals surface area contributed by atoms with Gasteiger partial charge in [0.05, 0.1) is 16.2 Å². The van der Waals surface area contributed by atoms with Crippen LogP contribution in [0, 0.1) is 0 Å². The molecule has 0 fully saturated rings. The number of rotatable bonds is 7. The Morgan fingerprint density at radius 1 is 0.175 bits per heavy atom. The first kappa shape index (κ1) is 45.0. The van der Waals surface area contributed by atoms with Gasteiger partial charge in [-0.2, -0.15) is 0 Å². The Morgan fingerprint density at radius 2 is 0.512 bits per heavy atom. The first-order valence-corrected chi connectivity index (χ1v) is 28.1. The van der Waals surface area contributed by atoms with Crippen molar-refractivity contribution in [1.29, 1.82) is 0 Å². The van der Waals surface area contributed by atoms with Gasteiger partial charge in [0.2, 0.25) is 0 Å². The molecule has 80 heavy (non-hydrogen) atoms. The zero-order chi connectivity index (χ0) is 52.6. The van der Waals surface area contributed by atoms with E-state index in [1.54, 1.807) is 0 Å². The van der Waals surface area contributed by atoms with E-state index >= 15 is 0 Å². The Kier molecular flexibility index (Phi) is 9.54. The second-order valence-electron chi connectivity index (χ2n) is 22.2. The van der Waals surface area contributed by atoms with Crippen molar-refractivity contribution < 1.29 is 0 Å². The summed E-state index contributed by atoms with van der Waals surface area (Å²) in [5.41, 5.74) is 27.4. The van der Waals surface area contributed by atoms with Crippen molar-refractivity contribution in [1.82, 2.24) is 0 Å². The highest BCUT2D eigenvalue weighted by atomic mass is 15.1. The fourth-order valence-corrected chi connectivity index (χ4v) is 15.6. The Hall–Kier alpha value is -10.1. The lowest BCUT2D eigenvalue weighted by Gasteiger charge is -2.36. The van der Waals surface area contributed by atoms with Crippen LogP contribution in [0.2, 0.25) is 0 Å². The first-order chi connectivity index (χ1) is 39.7. The molecule has 0 unspecified atom stereocenters. The van der Waals surface area contributed by atoms with Gasteiger partial charge < -0.3 is 4.90 Å². The van der Waals surface area contributed by atoms with Gasteiger partial charge in [-0.3, -0.25) is 0 Å². The second-order valence-corrected chi connectivity index (χ2v) is 22.2. The van der Waals surface area contributed by atoms with E-state index in [0.717, 1.165) is 17.1 Å². The zero-order valence-electron chi connectivity index (χ0n) is 43.9. The highest BCUT2D eigenvalue weighted by Crippen LogP contribution is 2.65. The summed E-state index contributed by atoms with van der Waals surface area (Å²) in [6.07, 6.45) is 0. The van der Waals surface area contributed by atoms with E-state index in [4.69, 9.17) is 0 Å². The molecule has 4 aliphatic rings. The summed E-state index contributed by atoms with van der Waals surface area (Å²) < 4.78 is 0. The van der Waals surface area contributed by atoms with Crippen molar-refractivity contribution >= 4 is 27.8 Å². The molecule has 1 nitrogen and oxygen atoms in total. The number of benzene rings is 13. The highest BCUT2D eigenvalue weighted by molar-refractivity contribution is 6.01. The molecule has 13 aromatic rings. The van der Waals surface area contributed by atoms with Crippen LogP contribution in [-0.4, -0.2) is 0 Å². The fourth-order valence-electron chi connectivity index (χ4n) is 15.6. The van der Waals surface area contributed by atoms with Crippen molar-refractivity contribution in [2.75, 3.05) is 4.90 Å². The van der Waals surface area contributed by atoms with Gasteiger partial charge in [-0.05, 0) is 171 Å². The van der Waals surface area contributed by atoms with E-state index in [0.29, 0.717) is 0 Å². The van der Waals surface area contributed by atoms with Gasteiger partial charge in [-0.1, -0.05) is 261 Å². The van der Waals surface area contributed by atoms with E-state index < -0.39 is 16.2 Å². The molecule has 1 spiro atoms. The van der Waals surface area contributed by atoms with Crippen LogP contribution in [0.15, 0.2) is 309 Å². The summed E-state index contributed by atoms with van der Waals surface area (Å²) in [6.45, 7) is 0. The summed E-state index contributed by atoms with van der Waals surface area (Å²) in [5, 5.41) is 2.50. The predicted octanol–water partition coefficient (Wildman–Crippen LogP) is 19.4. The van der Waals surface area contributed by atoms with Gasteiger partial charge >= 0.3 is 0 Å². The quantitative estimate of drug-likeness (QED) is 0.154. The van der Waals surface area contributed by atoms with Crippen molar-refractivity contribution in [3.8, 4) is 44.5 Å². The molecular formula is C79H51N. The SMILES string of the molecule is c1ccc(C2(c3ccc(N(c4cccc(C5(c6ccccc6)c6ccccc6-c6ccccc65)c4)c4ccc5c(c4)C4(c6ccccc6-c6ccccc64)c4cc6ccccc6cc4-5)cc3)c3ccccc3-c3ccccc32)cc1. The van der Waals surface area contributed by atoms with Gasteiger partial charge in [0.1, 0.15) is 0 Å². The standard InChI is InChI=1S/C79H51N/c1-3-24-54(25-4-1)77(69-36-15-9-30-61(69)62-31-10-16-37-70(62)77)56-42-44-58(45-43-56)80(59-29-21-28-57(50-59)78(55-26-5-2-6-27-55)71-38-17-11-32-63(71)64-33-12-18-39-72(64)78)60-46-47-67-68-48-52-22-7-8-23-53(52)49-75(68)79(76(67)51-60)73-40-19-13-34-65(73)66-35-14-20-41-74(66)79/h1-51H. The molecule has 0 amide bonds. The summed E-state index contributed by atoms with van der Waals surface area (Å²) in [4.78, 5) is 2.53. The lowest BCUT2D eigenvalue weighted by molar-refractivity contribution is 0.767. The molecule has 0 saturated carbocycles. The van der Waals surface area contributed by atoms with E-state index in [2.05, 4.69) is 314 Å². The van der Waals surface area contributed by atoms with E-state index in [9.17, 15) is 0 Å². The Bertz CT molecular complexity index is 4520. The summed E-state index contributed by atoms with van der Waals surface area (Å²) in [7, 11) is 0. The van der Waals surface area contributed by atoms with Crippen LogP contribution in [0.25, 0.3) is 55.3 Å². The van der Waals surface area contributed by atoms with E-state index in [1.807, 2.05) is 0 Å². The van der Waals surface area contributed by atoms with Gasteiger partial charge in [0, 0.05) is 17.1 Å². The fraction of sp³-hybridized carbons (Fsp3) is 0.0380. The van der Waals surface area contributed by atoms with Gasteiger partial charge in [0.15, 0.2) is 0 Å². The number of anilines is 3. The number of hydrogen-bond donors (Lipinski definition) is 0. The molecule has 4 aliphatic carbocycles. The molecule has 0 aromatic heterocycles. The third kappa shape index (κ3) is 5.86. The average Bonchev–Trinajstić information content (AvgIpc) is 4.41. The molecule has 17 rings (SSSR count). The lowest BCUT2D eigenvalue weighted by atomic mass is 9.67. The molecular weight excluding hydrogens is 963 g/mol. The molecule has 1 heteroatoms. The van der Waals surface area contributed by atoms with Crippen LogP contribution in [0.4, 0.5) is 17.1 Å². The molecule has 372 valence electrons. The topological polar surface area (TPSA) is 3.24 Å². The molecule has 0 radical (unpaired) electrons. The summed E-state index contributed by atoms with van der Waals surface area (Å²) in [5.74, 6) is 0. The third-order valence-electron chi connectivity index (χ3n) is 18.6. The monoisotopic (exact) mass is 1010 g/mol. The molecule has 0 heterocycles. The summed E-state index contributed by atoms with van der Waals surface area (Å²) in [6, 6.07) is 117. The minimum atomic E-state index is -0.575. The molecule has 0 atom stereocenters. The van der Waals surface area contributed by atoms with E-state index in [1.165, 1.54) is 122 Å². The van der Waals surface area contributed by atoms with Crippen LogP contribution < -0.4 is 4.90 Å². The van der Waals surface area contributed by atoms with Gasteiger partial charge in [-0.25, -0.2) is 0 Å². The molecule has 0 saturated heterocycles. The maximum absolute atomic E-state index is 2.54. The number of nitrogens with zero attached hydrogens (tertiary/aromatic N) is 1. The van der Waals surface area contributed by atoms with Crippen molar-refractivity contribution in [3.63, 3.8) is 0 Å². The number of fused-ring (bicyclic) bond motifs is 17. The predicted molar refractivity (Wildman–Crippen MR) is 330 cm³/mol. The highest BCUT2D eigenvalue weighted by Gasteiger charge is 2.53. The Labute approximate surface area is 467 Å². The Morgan fingerprint density at radius 3 is 1.00 bits per heavy atom. The molecule has 0 N–H and O–H groups in total. The minimum Gasteiger partial charge on any atom is -0.310 e. The van der Waals surface area contributed by atoms with Crippen LogP contribution in [-0.2, 0) is 16.2 Å². The van der Waals surface area contributed by atoms with Crippen molar-refractivity contribution in [2.45, 2.75) is 16.2 Å². The molecule has 0 bridgehead atoms. The lowest BCUT2D eigenvalue weighted by Crippen LogP contribution is -2.29. The average molecular weight is 1010 g/mol. The maximum atomic E-state index is 2.54.